The number of thiocarbonyl (C=S) groups is 1. The van der Waals surface area contributed by atoms with Crippen LogP contribution < -0.4 is 10.6 Å². The summed E-state index contributed by atoms with van der Waals surface area (Å²) in [4.78, 5) is 30.0. The van der Waals surface area contributed by atoms with Crippen molar-refractivity contribution in [2.45, 2.75) is 90.1 Å². The largest absolute Gasteiger partial charge is 0.455 e. The molecule has 0 radical (unpaired) electrons. The molecule has 11 heteroatoms. The van der Waals surface area contributed by atoms with Gasteiger partial charge in [-0.2, -0.15) is 13.2 Å². The smallest absolute Gasteiger partial charge is 0.427 e. The van der Waals surface area contributed by atoms with Gasteiger partial charge in [-0.25, -0.2) is 4.98 Å². The number of nitrogens with zero attached hydrogens (tertiary/aromatic N) is 2. The Morgan fingerprint density at radius 3 is 2.68 bits per heavy atom. The number of fused-ring (bicyclic) bond motifs is 5. The van der Waals surface area contributed by atoms with E-state index in [2.05, 4.69) is 29.5 Å². The third-order valence-corrected chi connectivity index (χ3v) is 10.2. The Kier molecular flexibility index (Phi) is 6.89. The second-order valence-electron chi connectivity index (χ2n) is 12.1. The zero-order valence-electron chi connectivity index (χ0n) is 21.9. The van der Waals surface area contributed by atoms with Gasteiger partial charge in [-0.1, -0.05) is 26.3 Å². The lowest BCUT2D eigenvalue weighted by Gasteiger charge is -2.58. The summed E-state index contributed by atoms with van der Waals surface area (Å²) in [6.45, 7) is 5.70. The van der Waals surface area contributed by atoms with Gasteiger partial charge in [-0.05, 0) is 80.8 Å². The van der Waals surface area contributed by atoms with Crippen LogP contribution in [0.1, 0.15) is 65.7 Å². The fraction of sp³-hybridized carbons (Fsp3) is 0.704. The van der Waals surface area contributed by atoms with Crippen LogP contribution in [0, 0.1) is 28.6 Å². The van der Waals surface area contributed by atoms with Crippen LogP contribution in [-0.2, 0) is 14.3 Å². The summed E-state index contributed by atoms with van der Waals surface area (Å²) < 4.78 is 47.9. The lowest BCUT2D eigenvalue weighted by atomic mass is 9.48. The van der Waals surface area contributed by atoms with E-state index in [1.165, 1.54) is 44.9 Å². The molecule has 4 aliphatic rings. The van der Waals surface area contributed by atoms with Gasteiger partial charge in [0.2, 0.25) is 6.10 Å². The van der Waals surface area contributed by atoms with E-state index in [0.717, 1.165) is 30.3 Å². The molecule has 3 fully saturated rings. The van der Waals surface area contributed by atoms with Gasteiger partial charge in [0.05, 0.1) is 6.04 Å². The Balaban J connectivity index is 1.36. The van der Waals surface area contributed by atoms with E-state index >= 15 is 0 Å². The second-order valence-corrected chi connectivity index (χ2v) is 12.4. The SMILES string of the molecule is CC(NC(=O)C1=C[C@@]2(C)C(CC[C@@H]3[C@H]2CC[C@]2(C)CCC[C@@H]32)NC1=O)C(OC(=S)n1ccnc1)C(F)(F)F. The van der Waals surface area contributed by atoms with E-state index in [-0.39, 0.29) is 11.6 Å². The third kappa shape index (κ3) is 4.64. The van der Waals surface area contributed by atoms with E-state index in [9.17, 15) is 22.8 Å². The Morgan fingerprint density at radius 2 is 2.00 bits per heavy atom. The van der Waals surface area contributed by atoms with Crippen molar-refractivity contribution in [3.8, 4) is 0 Å². The van der Waals surface area contributed by atoms with E-state index in [1.807, 2.05) is 0 Å². The number of imidazole rings is 1. The molecule has 2 N–H and O–H groups in total. The predicted molar refractivity (Wildman–Crippen MR) is 138 cm³/mol. The van der Waals surface area contributed by atoms with E-state index in [4.69, 9.17) is 17.0 Å². The molecule has 7 nitrogen and oxygen atoms in total. The Morgan fingerprint density at radius 1 is 1.24 bits per heavy atom. The maximum atomic E-state index is 13.9. The Hall–Kier alpha value is -2.43. The van der Waals surface area contributed by atoms with Crippen molar-refractivity contribution in [1.82, 2.24) is 20.2 Å². The standard InChI is InChI=1S/C27H35F3N4O3S/c1-15(21(27(28,29)30)37-24(38)34-12-11-31-14-34)32-22(35)17-13-26(3)19-8-10-25(2)9-4-5-18(25)16(19)6-7-20(26)33-23(17)36/h11-16,18-21H,4-10H2,1-3H3,(H,32,35)(H,33,36)/t15?,16-,18-,19+,20?,21?,25-,26+/m0/s1. The molecule has 0 spiro atoms. The molecule has 5 rings (SSSR count). The Bertz CT molecular complexity index is 1140. The van der Waals surface area contributed by atoms with Gasteiger partial charge in [0.25, 0.3) is 17.0 Å². The summed E-state index contributed by atoms with van der Waals surface area (Å²) in [5, 5.41) is 4.95. The molecule has 3 unspecified atom stereocenters. The number of rotatable bonds is 4. The Labute approximate surface area is 226 Å². The van der Waals surface area contributed by atoms with Crippen LogP contribution in [0.15, 0.2) is 30.4 Å². The number of halogens is 3. The van der Waals surface area contributed by atoms with Crippen molar-refractivity contribution in [2.75, 3.05) is 0 Å². The number of hydrogen-bond donors (Lipinski definition) is 2. The fourth-order valence-electron chi connectivity index (χ4n) is 7.95. The highest BCUT2D eigenvalue weighted by atomic mass is 32.1. The molecule has 2 amide bonds. The lowest BCUT2D eigenvalue weighted by molar-refractivity contribution is -0.205. The van der Waals surface area contributed by atoms with Crippen LogP contribution in [0.25, 0.3) is 0 Å². The highest BCUT2D eigenvalue weighted by Gasteiger charge is 2.58. The number of amides is 2. The average Bonchev–Trinajstić information content (AvgIpc) is 3.51. The number of alkyl halides is 3. The van der Waals surface area contributed by atoms with Crippen LogP contribution in [0.3, 0.4) is 0 Å². The summed E-state index contributed by atoms with van der Waals surface area (Å²) in [5.41, 5.74) is -0.195. The molecule has 0 aromatic carbocycles. The summed E-state index contributed by atoms with van der Waals surface area (Å²) >= 11 is 4.98. The highest BCUT2D eigenvalue weighted by Crippen LogP contribution is 2.63. The van der Waals surface area contributed by atoms with Crippen LogP contribution in [0.5, 0.6) is 0 Å². The molecule has 8 atom stereocenters. The summed E-state index contributed by atoms with van der Waals surface area (Å²) in [5.74, 6) is 0.0999. The minimum absolute atomic E-state index is 0.0882. The number of nitrogens with one attached hydrogen (secondary N) is 2. The summed E-state index contributed by atoms with van der Waals surface area (Å²) in [6, 6.07) is -1.59. The van der Waals surface area contributed by atoms with E-state index in [0.29, 0.717) is 23.2 Å². The summed E-state index contributed by atoms with van der Waals surface area (Å²) in [7, 11) is 0. The minimum Gasteiger partial charge on any atom is -0.455 e. The van der Waals surface area contributed by atoms with Crippen molar-refractivity contribution >= 4 is 29.2 Å². The first-order valence-electron chi connectivity index (χ1n) is 13.4. The van der Waals surface area contributed by atoms with Gasteiger partial charge in [0.1, 0.15) is 11.9 Å². The lowest BCUT2D eigenvalue weighted by Crippen LogP contribution is -2.61. The first kappa shape index (κ1) is 27.1. The molecule has 208 valence electrons. The number of hydrogen-bond acceptors (Lipinski definition) is 5. The third-order valence-electron chi connectivity index (χ3n) is 9.89. The van der Waals surface area contributed by atoms with Crippen LogP contribution in [-0.4, -0.2) is 50.9 Å². The van der Waals surface area contributed by atoms with Gasteiger partial charge < -0.3 is 15.4 Å². The van der Waals surface area contributed by atoms with Gasteiger partial charge in [-0.3, -0.25) is 14.2 Å². The number of aromatic nitrogens is 2. The maximum Gasteiger partial charge on any atom is 0.427 e. The highest BCUT2D eigenvalue weighted by molar-refractivity contribution is 7.80. The molecular formula is C27H35F3N4O3S. The van der Waals surface area contributed by atoms with Gasteiger partial charge >= 0.3 is 6.18 Å². The van der Waals surface area contributed by atoms with Gasteiger partial charge in [-0.15, -0.1) is 0 Å². The number of carbonyl (C=O) groups is 2. The number of carbonyl (C=O) groups excluding carboxylic acids is 2. The maximum absolute atomic E-state index is 13.9. The zero-order chi connectivity index (χ0) is 27.5. The predicted octanol–water partition coefficient (Wildman–Crippen LogP) is 4.53. The monoisotopic (exact) mass is 552 g/mol. The molecule has 2 heterocycles. The second kappa shape index (κ2) is 9.64. The van der Waals surface area contributed by atoms with Gasteiger partial charge in [0.15, 0.2) is 0 Å². The summed E-state index contributed by atoms with van der Waals surface area (Å²) in [6.07, 6.45) is 6.26. The molecule has 3 aliphatic carbocycles. The topological polar surface area (TPSA) is 85.3 Å². The fourth-order valence-corrected chi connectivity index (χ4v) is 8.16. The van der Waals surface area contributed by atoms with Crippen molar-refractivity contribution in [3.05, 3.63) is 30.4 Å². The molecule has 38 heavy (non-hydrogen) atoms. The van der Waals surface area contributed by atoms with Crippen molar-refractivity contribution < 1.29 is 27.5 Å². The minimum atomic E-state index is -4.82. The molecular weight excluding hydrogens is 517 g/mol. The normalized spacial score (nSPS) is 36.1. The quantitative estimate of drug-likeness (QED) is 0.424. The molecule has 1 aliphatic heterocycles. The van der Waals surface area contributed by atoms with Crippen molar-refractivity contribution in [2.24, 2.45) is 28.6 Å². The molecule has 1 aromatic rings. The van der Waals surface area contributed by atoms with Crippen molar-refractivity contribution in [1.29, 1.82) is 0 Å². The first-order chi connectivity index (χ1) is 17.8. The van der Waals surface area contributed by atoms with Crippen LogP contribution in [0.4, 0.5) is 13.2 Å². The first-order valence-corrected chi connectivity index (χ1v) is 13.8. The molecule has 1 aromatic heterocycles. The molecule has 0 saturated heterocycles. The average molecular weight is 553 g/mol. The van der Waals surface area contributed by atoms with Crippen LogP contribution >= 0.6 is 12.2 Å². The number of ether oxygens (including phenoxy) is 1. The zero-order valence-corrected chi connectivity index (χ0v) is 22.7. The van der Waals surface area contributed by atoms with E-state index < -0.39 is 40.7 Å². The van der Waals surface area contributed by atoms with Gasteiger partial charge in [0, 0.05) is 23.9 Å². The molecule has 3 saturated carbocycles. The molecule has 0 bridgehead atoms. The van der Waals surface area contributed by atoms with Crippen LogP contribution in [0.2, 0.25) is 0 Å². The van der Waals surface area contributed by atoms with Crippen molar-refractivity contribution in [3.63, 3.8) is 0 Å². The van der Waals surface area contributed by atoms with E-state index in [1.54, 1.807) is 6.08 Å².